The van der Waals surface area contributed by atoms with Gasteiger partial charge in [0.1, 0.15) is 0 Å². The average Bonchev–Trinajstić information content (AvgIpc) is 2.56. The zero-order valence-electron chi connectivity index (χ0n) is 13.9. The van der Waals surface area contributed by atoms with E-state index in [2.05, 4.69) is 10.3 Å². The minimum absolute atomic E-state index is 0.261. The Morgan fingerprint density at radius 1 is 1.32 bits per heavy atom. The van der Waals surface area contributed by atoms with Crippen molar-refractivity contribution in [2.24, 2.45) is 0 Å². The van der Waals surface area contributed by atoms with Crippen LogP contribution in [0.3, 0.4) is 0 Å². The molecular weight excluding hydrogens is 344 g/mol. The minimum atomic E-state index is -3.99. The molecule has 0 amide bonds. The number of hydrogen-bond acceptors (Lipinski definition) is 6. The Bertz CT molecular complexity index is 900. The monoisotopic (exact) mass is 364 g/mol. The van der Waals surface area contributed by atoms with E-state index in [1.165, 1.54) is 28.8 Å². The van der Waals surface area contributed by atoms with Crippen molar-refractivity contribution in [3.63, 3.8) is 0 Å². The smallest absolute Gasteiger partial charge is 0.297 e. The first-order valence-electron chi connectivity index (χ1n) is 8.16. The van der Waals surface area contributed by atoms with Crippen molar-refractivity contribution in [2.75, 3.05) is 19.6 Å². The van der Waals surface area contributed by atoms with Gasteiger partial charge in [0.05, 0.1) is 10.3 Å². The van der Waals surface area contributed by atoms with E-state index >= 15 is 0 Å². The van der Waals surface area contributed by atoms with Crippen molar-refractivity contribution >= 4 is 26.5 Å². The third-order valence-electron chi connectivity index (χ3n) is 4.44. The normalized spacial score (nSPS) is 20.1. The SMILES string of the molecule is CC1CNCCCCN1S(=O)(=O)c1ccc2cnccc2c1[N+](=O)[O-]. The number of benzene rings is 1. The minimum Gasteiger partial charge on any atom is -0.315 e. The highest BCUT2D eigenvalue weighted by Gasteiger charge is 2.35. The van der Waals surface area contributed by atoms with Crippen LogP contribution in [0.1, 0.15) is 19.8 Å². The number of sulfonamides is 1. The molecule has 8 nitrogen and oxygen atoms in total. The topological polar surface area (TPSA) is 105 Å². The molecular formula is C16H20N4O4S. The molecule has 2 aromatic rings. The molecule has 1 aromatic carbocycles. The number of rotatable bonds is 3. The third-order valence-corrected chi connectivity index (χ3v) is 6.48. The van der Waals surface area contributed by atoms with E-state index in [4.69, 9.17) is 0 Å². The Morgan fingerprint density at radius 2 is 2.12 bits per heavy atom. The molecule has 0 radical (unpaired) electrons. The van der Waals surface area contributed by atoms with Gasteiger partial charge in [-0.15, -0.1) is 0 Å². The first-order valence-corrected chi connectivity index (χ1v) is 9.60. The highest BCUT2D eigenvalue weighted by atomic mass is 32.2. The fourth-order valence-electron chi connectivity index (χ4n) is 3.16. The number of nitrogens with zero attached hydrogens (tertiary/aromatic N) is 3. The lowest BCUT2D eigenvalue weighted by atomic mass is 10.1. The molecule has 9 heteroatoms. The van der Waals surface area contributed by atoms with Gasteiger partial charge >= 0.3 is 0 Å². The summed E-state index contributed by atoms with van der Waals surface area (Å²) in [5, 5.41) is 15.7. The molecule has 25 heavy (non-hydrogen) atoms. The van der Waals surface area contributed by atoms with Gasteiger partial charge in [-0.05, 0) is 38.4 Å². The standard InChI is InChI=1S/C16H20N4O4S/c1-12-10-17-7-2-3-9-19(12)25(23,24)15-5-4-13-11-18-8-6-14(13)16(15)20(21)22/h4-6,8,11-12,17H,2-3,7,9-10H2,1H3. The van der Waals surface area contributed by atoms with Gasteiger partial charge in [0, 0.05) is 36.9 Å². The van der Waals surface area contributed by atoms with Crippen LogP contribution >= 0.6 is 0 Å². The van der Waals surface area contributed by atoms with Crippen LogP contribution in [0.15, 0.2) is 35.5 Å². The lowest BCUT2D eigenvalue weighted by Crippen LogP contribution is -2.46. The van der Waals surface area contributed by atoms with E-state index in [9.17, 15) is 18.5 Å². The third kappa shape index (κ3) is 3.35. The molecule has 1 N–H and O–H groups in total. The molecule has 0 aliphatic carbocycles. The number of nitrogens with one attached hydrogen (secondary N) is 1. The molecule has 1 unspecified atom stereocenters. The van der Waals surface area contributed by atoms with Gasteiger partial charge in [-0.3, -0.25) is 15.1 Å². The summed E-state index contributed by atoms with van der Waals surface area (Å²) in [5.41, 5.74) is -0.387. The predicted octanol–water partition coefficient (Wildman–Crippen LogP) is 1.91. The van der Waals surface area contributed by atoms with Crippen LogP contribution in [0.2, 0.25) is 0 Å². The highest BCUT2D eigenvalue weighted by molar-refractivity contribution is 7.89. The number of nitro groups is 1. The summed E-state index contributed by atoms with van der Waals surface area (Å²) in [5.74, 6) is 0. The van der Waals surface area contributed by atoms with Crippen molar-refractivity contribution in [1.29, 1.82) is 0 Å². The van der Waals surface area contributed by atoms with Crippen molar-refractivity contribution < 1.29 is 13.3 Å². The van der Waals surface area contributed by atoms with Crippen molar-refractivity contribution in [3.8, 4) is 0 Å². The quantitative estimate of drug-likeness (QED) is 0.659. The summed E-state index contributed by atoms with van der Waals surface area (Å²) < 4.78 is 27.8. The van der Waals surface area contributed by atoms with Crippen LogP contribution in [0.4, 0.5) is 5.69 Å². The summed E-state index contributed by atoms with van der Waals surface area (Å²) >= 11 is 0. The zero-order chi connectivity index (χ0) is 18.0. The fourth-order valence-corrected chi connectivity index (χ4v) is 5.00. The van der Waals surface area contributed by atoms with Crippen LogP contribution in [0, 0.1) is 10.1 Å². The highest BCUT2D eigenvalue weighted by Crippen LogP contribution is 2.34. The molecule has 1 fully saturated rings. The zero-order valence-corrected chi connectivity index (χ0v) is 14.7. The second-order valence-corrected chi connectivity index (χ2v) is 8.00. The molecule has 1 atom stereocenters. The largest absolute Gasteiger partial charge is 0.315 e. The Labute approximate surface area is 146 Å². The molecule has 1 saturated heterocycles. The van der Waals surface area contributed by atoms with E-state index in [0.29, 0.717) is 24.9 Å². The molecule has 1 aromatic heterocycles. The van der Waals surface area contributed by atoms with Gasteiger partial charge in [0.2, 0.25) is 10.0 Å². The second kappa shape index (κ2) is 7.03. The Hall–Kier alpha value is -2.10. The van der Waals surface area contributed by atoms with E-state index in [1.54, 1.807) is 6.07 Å². The first-order chi connectivity index (χ1) is 11.9. The van der Waals surface area contributed by atoms with E-state index in [0.717, 1.165) is 13.0 Å². The lowest BCUT2D eigenvalue weighted by molar-refractivity contribution is -0.386. The summed E-state index contributed by atoms with van der Waals surface area (Å²) in [6, 6.07) is 4.08. The molecule has 0 spiro atoms. The maximum atomic E-state index is 13.2. The van der Waals surface area contributed by atoms with Gasteiger partial charge in [-0.1, -0.05) is 6.07 Å². The summed E-state index contributed by atoms with van der Waals surface area (Å²) in [4.78, 5) is 14.7. The summed E-state index contributed by atoms with van der Waals surface area (Å²) in [7, 11) is -3.99. The number of aromatic nitrogens is 1. The van der Waals surface area contributed by atoms with Crippen molar-refractivity contribution in [1.82, 2.24) is 14.6 Å². The fraction of sp³-hybridized carbons (Fsp3) is 0.438. The average molecular weight is 364 g/mol. The Balaban J connectivity index is 2.16. The van der Waals surface area contributed by atoms with E-state index in [1.807, 2.05) is 6.92 Å². The van der Waals surface area contributed by atoms with Gasteiger partial charge in [-0.25, -0.2) is 8.42 Å². The van der Waals surface area contributed by atoms with Crippen molar-refractivity contribution in [3.05, 3.63) is 40.7 Å². The van der Waals surface area contributed by atoms with E-state index in [-0.39, 0.29) is 22.0 Å². The predicted molar refractivity (Wildman–Crippen MR) is 93.9 cm³/mol. The number of fused-ring (bicyclic) bond motifs is 1. The first kappa shape index (κ1) is 17.7. The van der Waals surface area contributed by atoms with Crippen LogP contribution in [-0.4, -0.2) is 48.3 Å². The molecule has 0 bridgehead atoms. The Kier molecular flexibility index (Phi) is 4.98. The Morgan fingerprint density at radius 3 is 2.88 bits per heavy atom. The van der Waals surface area contributed by atoms with Gasteiger partial charge in [-0.2, -0.15) is 4.31 Å². The van der Waals surface area contributed by atoms with E-state index < -0.39 is 14.9 Å². The number of nitro benzene ring substituents is 1. The second-order valence-electron chi connectivity index (χ2n) is 6.14. The number of hydrogen-bond donors (Lipinski definition) is 1. The van der Waals surface area contributed by atoms with Crippen LogP contribution in [-0.2, 0) is 10.0 Å². The van der Waals surface area contributed by atoms with Gasteiger partial charge in [0.15, 0.2) is 4.90 Å². The molecule has 2 heterocycles. The molecule has 3 rings (SSSR count). The summed E-state index contributed by atoms with van der Waals surface area (Å²) in [6.07, 6.45) is 4.49. The lowest BCUT2D eigenvalue weighted by Gasteiger charge is -2.30. The number of pyridine rings is 1. The molecule has 1 aliphatic rings. The maximum absolute atomic E-state index is 13.2. The van der Waals surface area contributed by atoms with Crippen LogP contribution in [0.5, 0.6) is 0 Å². The van der Waals surface area contributed by atoms with Crippen LogP contribution < -0.4 is 5.32 Å². The van der Waals surface area contributed by atoms with Gasteiger partial charge in [0.25, 0.3) is 5.69 Å². The van der Waals surface area contributed by atoms with Gasteiger partial charge < -0.3 is 5.32 Å². The molecule has 0 saturated carbocycles. The van der Waals surface area contributed by atoms with Crippen molar-refractivity contribution in [2.45, 2.75) is 30.7 Å². The maximum Gasteiger partial charge on any atom is 0.297 e. The molecule has 134 valence electrons. The van der Waals surface area contributed by atoms with Crippen LogP contribution in [0.25, 0.3) is 10.8 Å². The molecule has 1 aliphatic heterocycles. The summed E-state index contributed by atoms with van der Waals surface area (Å²) in [6.45, 7) is 3.54.